The number of rotatable bonds is 8. The Morgan fingerprint density at radius 2 is 0.792 bits per heavy atom. The summed E-state index contributed by atoms with van der Waals surface area (Å²) in [5.74, 6) is 0. The van der Waals surface area contributed by atoms with Crippen molar-refractivity contribution < 1.29 is 5.48 Å². The largest absolute Gasteiger partial charge is 0.310 e. The van der Waals surface area contributed by atoms with Gasteiger partial charge in [0.05, 0.1) is 11.2 Å². The Kier molecular flexibility index (Phi) is 7.50. The zero-order valence-corrected chi connectivity index (χ0v) is 29.0. The zero-order valence-electron chi connectivity index (χ0n) is 33.0. The minimum atomic E-state index is -0.121. The van der Waals surface area contributed by atoms with E-state index in [2.05, 4.69) is 72.8 Å². The van der Waals surface area contributed by atoms with E-state index in [1.807, 2.05) is 132 Å². The van der Waals surface area contributed by atoms with Crippen molar-refractivity contribution in [2.24, 2.45) is 0 Å². The van der Waals surface area contributed by atoms with Crippen LogP contribution in [0, 0.1) is 0 Å². The molecule has 1 heteroatoms. The number of benzene rings is 9. The average molecular weight is 680 g/mol. The minimum Gasteiger partial charge on any atom is -0.310 e. The normalized spacial score (nSPS) is 12.1. The third-order valence-corrected chi connectivity index (χ3v) is 9.75. The van der Waals surface area contributed by atoms with E-state index in [4.69, 9.17) is 0 Å². The summed E-state index contributed by atoms with van der Waals surface area (Å²) in [7, 11) is 0. The van der Waals surface area contributed by atoms with Crippen molar-refractivity contribution in [3.63, 3.8) is 0 Å². The summed E-state index contributed by atoms with van der Waals surface area (Å²) in [6.45, 7) is 0. The standard InChI is InChI=1S/C52H37N/c1-3-14-38(15-4-1)43-20-11-21-44(36-43)39-28-32-47(33-29-39)53(52-27-10-9-25-51(52)42-16-5-2-6-17-42)48-34-30-40(31-35-48)45-22-12-23-46(37-45)50-26-13-19-41-18-7-8-24-49(41)50/h1-37H/i30D,31D,34D,35D. The second kappa shape index (κ2) is 14.3. The summed E-state index contributed by atoms with van der Waals surface area (Å²) < 4.78 is 38.2. The lowest BCUT2D eigenvalue weighted by Gasteiger charge is -2.28. The van der Waals surface area contributed by atoms with Crippen LogP contribution in [-0.2, 0) is 0 Å². The van der Waals surface area contributed by atoms with Gasteiger partial charge in [0.25, 0.3) is 0 Å². The molecule has 53 heavy (non-hydrogen) atoms. The highest BCUT2D eigenvalue weighted by Gasteiger charge is 2.18. The summed E-state index contributed by atoms with van der Waals surface area (Å²) in [5.41, 5.74) is 10.8. The van der Waals surface area contributed by atoms with Gasteiger partial charge in [-0.15, -0.1) is 0 Å². The molecule has 0 aliphatic carbocycles. The third kappa shape index (κ3) is 6.53. The van der Waals surface area contributed by atoms with Crippen LogP contribution in [0.4, 0.5) is 17.1 Å². The molecule has 0 unspecified atom stereocenters. The van der Waals surface area contributed by atoms with Gasteiger partial charge in [0.1, 0.15) is 0 Å². The molecule has 0 amide bonds. The van der Waals surface area contributed by atoms with Crippen LogP contribution < -0.4 is 4.90 Å². The van der Waals surface area contributed by atoms with Gasteiger partial charge >= 0.3 is 0 Å². The first kappa shape index (κ1) is 27.7. The van der Waals surface area contributed by atoms with E-state index in [1.165, 1.54) is 0 Å². The molecule has 0 radical (unpaired) electrons. The summed E-state index contributed by atoms with van der Waals surface area (Å²) in [6.07, 6.45) is 0. The van der Waals surface area contributed by atoms with Crippen molar-refractivity contribution in [3.05, 3.63) is 224 Å². The molecule has 0 saturated carbocycles. The monoisotopic (exact) mass is 679 g/mol. The second-order valence-electron chi connectivity index (χ2n) is 13.0. The van der Waals surface area contributed by atoms with Crippen molar-refractivity contribution in [2.45, 2.75) is 0 Å². The fourth-order valence-electron chi connectivity index (χ4n) is 7.11. The van der Waals surface area contributed by atoms with Crippen LogP contribution in [0.3, 0.4) is 0 Å². The maximum absolute atomic E-state index is 9.60. The Balaban J connectivity index is 1.19. The van der Waals surface area contributed by atoms with Gasteiger partial charge < -0.3 is 4.90 Å². The van der Waals surface area contributed by atoms with Crippen molar-refractivity contribution in [1.29, 1.82) is 0 Å². The minimum absolute atomic E-state index is 0.0994. The molecular weight excluding hydrogens is 639 g/mol. The van der Waals surface area contributed by atoms with E-state index < -0.39 is 0 Å². The van der Waals surface area contributed by atoms with Crippen molar-refractivity contribution in [3.8, 4) is 55.6 Å². The van der Waals surface area contributed by atoms with Crippen LogP contribution >= 0.6 is 0 Å². The number of nitrogens with zero attached hydrogens (tertiary/aromatic N) is 1. The molecule has 0 heterocycles. The van der Waals surface area contributed by atoms with E-state index >= 15 is 0 Å². The predicted molar refractivity (Wildman–Crippen MR) is 226 cm³/mol. The number of fused-ring (bicyclic) bond motifs is 1. The molecule has 0 N–H and O–H groups in total. The molecule has 0 aromatic heterocycles. The maximum Gasteiger partial charge on any atom is 0.0645 e. The molecule has 250 valence electrons. The van der Waals surface area contributed by atoms with Crippen LogP contribution in [-0.4, -0.2) is 0 Å². The van der Waals surface area contributed by atoms with E-state index in [1.54, 1.807) is 0 Å². The first-order chi connectivity index (χ1) is 28.0. The highest BCUT2D eigenvalue weighted by Crippen LogP contribution is 2.42. The van der Waals surface area contributed by atoms with Crippen molar-refractivity contribution in [2.75, 3.05) is 4.90 Å². The Morgan fingerprint density at radius 1 is 0.302 bits per heavy atom. The zero-order chi connectivity index (χ0) is 38.9. The van der Waals surface area contributed by atoms with Gasteiger partial charge in [-0.05, 0) is 103 Å². The lowest BCUT2D eigenvalue weighted by atomic mass is 9.95. The summed E-state index contributed by atoms with van der Waals surface area (Å²) in [4.78, 5) is 1.88. The number of hydrogen-bond donors (Lipinski definition) is 0. The quantitative estimate of drug-likeness (QED) is 0.154. The van der Waals surface area contributed by atoms with Gasteiger partial charge in [-0.1, -0.05) is 182 Å². The van der Waals surface area contributed by atoms with Crippen molar-refractivity contribution >= 4 is 27.8 Å². The molecular formula is C52H37N. The molecule has 0 bridgehead atoms. The maximum atomic E-state index is 9.60. The molecule has 0 aliphatic heterocycles. The number of anilines is 3. The Hall–Kier alpha value is -6.96. The van der Waals surface area contributed by atoms with Crippen LogP contribution in [0.1, 0.15) is 5.48 Å². The fourth-order valence-corrected chi connectivity index (χ4v) is 7.11. The molecule has 1 nitrogen and oxygen atoms in total. The highest BCUT2D eigenvalue weighted by molar-refractivity contribution is 5.97. The van der Waals surface area contributed by atoms with E-state index in [-0.39, 0.29) is 35.4 Å². The lowest BCUT2D eigenvalue weighted by molar-refractivity contribution is 1.28. The summed E-state index contributed by atoms with van der Waals surface area (Å²) in [6, 6.07) is 66.6. The molecule has 9 rings (SSSR count). The topological polar surface area (TPSA) is 3.24 Å². The van der Waals surface area contributed by atoms with Gasteiger partial charge in [0.2, 0.25) is 0 Å². The van der Waals surface area contributed by atoms with E-state index in [9.17, 15) is 5.48 Å². The van der Waals surface area contributed by atoms with E-state index in [0.717, 1.165) is 61.0 Å². The van der Waals surface area contributed by atoms with Gasteiger partial charge in [-0.25, -0.2) is 0 Å². The SMILES string of the molecule is [2H]c1c([2H])c(N(c2ccc(-c3cccc(-c4ccccc4)c3)cc2)c2ccccc2-c2ccccc2)c([2H])c([2H])c1-c1cccc(-c2cccc3ccccc23)c1. The average Bonchev–Trinajstić information content (AvgIpc) is 3.28. The van der Waals surface area contributed by atoms with Crippen LogP contribution in [0.2, 0.25) is 0 Å². The third-order valence-electron chi connectivity index (χ3n) is 9.75. The lowest BCUT2D eigenvalue weighted by Crippen LogP contribution is -2.11. The van der Waals surface area contributed by atoms with Crippen molar-refractivity contribution in [1.82, 2.24) is 0 Å². The highest BCUT2D eigenvalue weighted by atomic mass is 15.1. The van der Waals surface area contributed by atoms with Crippen LogP contribution in [0.25, 0.3) is 66.4 Å². The molecule has 0 atom stereocenters. The van der Waals surface area contributed by atoms with Gasteiger partial charge in [0.15, 0.2) is 0 Å². The molecule has 0 spiro atoms. The second-order valence-corrected chi connectivity index (χ2v) is 13.0. The molecule has 0 fully saturated rings. The first-order valence-corrected chi connectivity index (χ1v) is 17.9. The number of para-hydroxylation sites is 1. The Labute approximate surface area is 317 Å². The summed E-state index contributed by atoms with van der Waals surface area (Å²) >= 11 is 0. The summed E-state index contributed by atoms with van der Waals surface area (Å²) in [5, 5.41) is 2.23. The molecule has 9 aromatic carbocycles. The molecule has 9 aromatic rings. The van der Waals surface area contributed by atoms with Gasteiger partial charge in [-0.3, -0.25) is 0 Å². The van der Waals surface area contributed by atoms with Crippen LogP contribution in [0.5, 0.6) is 0 Å². The number of hydrogen-bond acceptors (Lipinski definition) is 1. The molecule has 0 aliphatic rings. The van der Waals surface area contributed by atoms with Gasteiger partial charge in [0, 0.05) is 16.9 Å². The van der Waals surface area contributed by atoms with E-state index in [0.29, 0.717) is 11.3 Å². The Bertz CT molecular complexity index is 2850. The Morgan fingerprint density at radius 3 is 1.53 bits per heavy atom. The fraction of sp³-hybridized carbons (Fsp3) is 0. The predicted octanol–water partition coefficient (Wildman–Crippen LogP) is 14.6. The first-order valence-electron chi connectivity index (χ1n) is 19.9. The van der Waals surface area contributed by atoms with Gasteiger partial charge in [-0.2, -0.15) is 0 Å². The van der Waals surface area contributed by atoms with Crippen LogP contribution in [0.15, 0.2) is 224 Å². The molecule has 0 saturated heterocycles. The smallest absolute Gasteiger partial charge is 0.0645 e.